The molecule has 1 atom stereocenters. The minimum Gasteiger partial charge on any atom is -0.349 e. The summed E-state index contributed by atoms with van der Waals surface area (Å²) in [5, 5.41) is 5.87. The molecule has 1 aliphatic rings. The number of carbonyl (C=O) groups is 2. The van der Waals surface area contributed by atoms with E-state index in [0.29, 0.717) is 12.0 Å². The van der Waals surface area contributed by atoms with E-state index in [-0.39, 0.29) is 17.9 Å². The van der Waals surface area contributed by atoms with Gasteiger partial charge >= 0.3 is 0 Å². The molecule has 1 aromatic carbocycles. The summed E-state index contributed by atoms with van der Waals surface area (Å²) < 4.78 is 0. The van der Waals surface area contributed by atoms with Crippen molar-refractivity contribution < 1.29 is 9.59 Å². The number of anilines is 1. The highest BCUT2D eigenvalue weighted by Gasteiger charge is 2.22. The van der Waals surface area contributed by atoms with E-state index in [1.54, 1.807) is 18.5 Å². The molecule has 0 spiro atoms. The van der Waals surface area contributed by atoms with Gasteiger partial charge in [-0.1, -0.05) is 19.1 Å². The zero-order valence-corrected chi connectivity index (χ0v) is 13.0. The Morgan fingerprint density at radius 2 is 2.26 bits per heavy atom. The Hall–Kier alpha value is -2.69. The molecule has 23 heavy (non-hydrogen) atoms. The van der Waals surface area contributed by atoms with Crippen LogP contribution in [0.3, 0.4) is 0 Å². The van der Waals surface area contributed by atoms with Crippen molar-refractivity contribution in [3.05, 3.63) is 59.4 Å². The Morgan fingerprint density at radius 1 is 1.39 bits per heavy atom. The highest BCUT2D eigenvalue weighted by Crippen LogP contribution is 2.26. The van der Waals surface area contributed by atoms with Gasteiger partial charge in [-0.25, -0.2) is 0 Å². The molecule has 1 saturated heterocycles. The minimum absolute atomic E-state index is 0.0338. The molecule has 2 aromatic rings. The number of aryl methyl sites for hydroxylation is 1. The molecule has 0 radical (unpaired) electrons. The third-order valence-corrected chi connectivity index (χ3v) is 4.07. The number of benzene rings is 1. The fourth-order valence-electron chi connectivity index (χ4n) is 2.83. The largest absolute Gasteiger partial charge is 0.349 e. The van der Waals surface area contributed by atoms with Crippen molar-refractivity contribution in [3.8, 4) is 0 Å². The smallest absolute Gasteiger partial charge is 0.256 e. The zero-order chi connectivity index (χ0) is 16.2. The van der Waals surface area contributed by atoms with E-state index in [9.17, 15) is 9.59 Å². The summed E-state index contributed by atoms with van der Waals surface area (Å²) in [6.45, 7) is 2.00. The molecule has 5 nitrogen and oxygen atoms in total. The number of hydrogen-bond acceptors (Lipinski definition) is 3. The quantitative estimate of drug-likeness (QED) is 0.912. The lowest BCUT2D eigenvalue weighted by Gasteiger charge is -2.13. The number of amides is 2. The number of pyridine rings is 1. The van der Waals surface area contributed by atoms with E-state index in [1.165, 1.54) is 0 Å². The number of aromatic nitrogens is 1. The molecule has 0 aliphatic carbocycles. The first-order valence-electron chi connectivity index (χ1n) is 7.81. The van der Waals surface area contributed by atoms with Crippen LogP contribution in [0.1, 0.15) is 47.3 Å². The van der Waals surface area contributed by atoms with Gasteiger partial charge in [0.15, 0.2) is 0 Å². The van der Waals surface area contributed by atoms with Crippen molar-refractivity contribution in [2.75, 3.05) is 5.32 Å². The van der Waals surface area contributed by atoms with Crippen LogP contribution in [0.2, 0.25) is 0 Å². The maximum Gasteiger partial charge on any atom is 0.256 e. The fraction of sp³-hybridized carbons (Fsp3) is 0.278. The number of carbonyl (C=O) groups excluding carboxylic acids is 2. The van der Waals surface area contributed by atoms with Gasteiger partial charge in [0.05, 0.1) is 6.04 Å². The second-order valence-electron chi connectivity index (χ2n) is 5.62. The summed E-state index contributed by atoms with van der Waals surface area (Å²) in [6.07, 6.45) is 5.45. The second kappa shape index (κ2) is 6.60. The summed E-state index contributed by atoms with van der Waals surface area (Å²) in [4.78, 5) is 27.9. The van der Waals surface area contributed by atoms with Crippen molar-refractivity contribution in [2.24, 2.45) is 0 Å². The van der Waals surface area contributed by atoms with E-state index >= 15 is 0 Å². The average molecular weight is 309 g/mol. The first-order valence-corrected chi connectivity index (χ1v) is 7.81. The molecule has 1 aliphatic heterocycles. The molecule has 2 N–H and O–H groups in total. The Kier molecular flexibility index (Phi) is 4.37. The van der Waals surface area contributed by atoms with Gasteiger partial charge in [-0.05, 0) is 42.2 Å². The minimum atomic E-state index is -0.142. The normalized spacial score (nSPS) is 16.9. The highest BCUT2D eigenvalue weighted by atomic mass is 16.2. The predicted octanol–water partition coefficient (Wildman–Crippen LogP) is 2.85. The number of nitrogens with zero attached hydrogens (tertiary/aromatic N) is 1. The fourth-order valence-corrected chi connectivity index (χ4v) is 2.83. The van der Waals surface area contributed by atoms with Gasteiger partial charge < -0.3 is 10.6 Å². The number of nitrogens with one attached hydrogen (secondary N) is 2. The maximum absolute atomic E-state index is 12.5. The van der Waals surface area contributed by atoms with Crippen LogP contribution >= 0.6 is 0 Å². The first-order chi connectivity index (χ1) is 11.2. The summed E-state index contributed by atoms with van der Waals surface area (Å²) in [5.74, 6) is -0.0642. The molecular weight excluding hydrogens is 290 g/mol. The van der Waals surface area contributed by atoms with Gasteiger partial charge in [0.1, 0.15) is 0 Å². The van der Waals surface area contributed by atoms with Gasteiger partial charge in [0.25, 0.3) is 5.91 Å². The van der Waals surface area contributed by atoms with Crippen LogP contribution in [-0.2, 0) is 11.2 Å². The Labute approximate surface area is 135 Å². The molecule has 3 rings (SSSR count). The lowest BCUT2D eigenvalue weighted by Crippen LogP contribution is -2.19. The van der Waals surface area contributed by atoms with Crippen LogP contribution < -0.4 is 10.6 Å². The molecule has 118 valence electrons. The van der Waals surface area contributed by atoms with Gasteiger partial charge in [-0.3, -0.25) is 14.6 Å². The van der Waals surface area contributed by atoms with Crippen LogP contribution in [0.15, 0.2) is 42.7 Å². The molecule has 0 saturated carbocycles. The monoisotopic (exact) mass is 309 g/mol. The van der Waals surface area contributed by atoms with Crippen LogP contribution in [0.25, 0.3) is 0 Å². The van der Waals surface area contributed by atoms with Crippen molar-refractivity contribution in [2.45, 2.75) is 32.2 Å². The van der Waals surface area contributed by atoms with Gasteiger partial charge in [-0.2, -0.15) is 0 Å². The molecule has 5 heteroatoms. The first kappa shape index (κ1) is 15.2. The maximum atomic E-state index is 12.5. The van der Waals surface area contributed by atoms with Crippen molar-refractivity contribution >= 4 is 17.5 Å². The summed E-state index contributed by atoms with van der Waals surface area (Å²) >= 11 is 0. The molecule has 1 fully saturated rings. The molecule has 1 aromatic heterocycles. The Morgan fingerprint density at radius 3 is 3.00 bits per heavy atom. The van der Waals surface area contributed by atoms with E-state index in [2.05, 4.69) is 15.6 Å². The van der Waals surface area contributed by atoms with E-state index in [1.807, 2.05) is 31.2 Å². The summed E-state index contributed by atoms with van der Waals surface area (Å²) in [7, 11) is 0. The van der Waals surface area contributed by atoms with E-state index in [0.717, 1.165) is 29.7 Å². The van der Waals surface area contributed by atoms with Crippen molar-refractivity contribution in [3.63, 3.8) is 0 Å². The topological polar surface area (TPSA) is 71.1 Å². The second-order valence-corrected chi connectivity index (χ2v) is 5.62. The predicted molar refractivity (Wildman–Crippen MR) is 88.1 cm³/mol. The molecule has 1 unspecified atom stereocenters. The Balaban J connectivity index is 1.77. The number of rotatable bonds is 4. The zero-order valence-electron chi connectivity index (χ0n) is 13.0. The van der Waals surface area contributed by atoms with E-state index < -0.39 is 0 Å². The third-order valence-electron chi connectivity index (χ3n) is 4.07. The van der Waals surface area contributed by atoms with Gasteiger partial charge in [0, 0.05) is 30.1 Å². The average Bonchev–Trinajstić information content (AvgIpc) is 3.01. The third kappa shape index (κ3) is 3.39. The summed E-state index contributed by atoms with van der Waals surface area (Å²) in [5.41, 5.74) is 3.30. The molecule has 2 amide bonds. The van der Waals surface area contributed by atoms with Gasteiger partial charge in [-0.15, -0.1) is 0 Å². The SMILES string of the molecule is CCc1cnccc1C(=O)Nc1cccc(C2CCC(=O)N2)c1. The van der Waals surface area contributed by atoms with E-state index in [4.69, 9.17) is 0 Å². The summed E-state index contributed by atoms with van der Waals surface area (Å²) in [6, 6.07) is 9.39. The molecule has 0 bridgehead atoms. The lowest BCUT2D eigenvalue weighted by atomic mass is 10.0. The Bertz CT molecular complexity index is 743. The van der Waals surface area contributed by atoms with Crippen molar-refractivity contribution in [1.29, 1.82) is 0 Å². The number of hydrogen-bond donors (Lipinski definition) is 2. The lowest BCUT2D eigenvalue weighted by molar-refractivity contribution is -0.119. The van der Waals surface area contributed by atoms with Crippen LogP contribution in [0.5, 0.6) is 0 Å². The van der Waals surface area contributed by atoms with Crippen molar-refractivity contribution in [1.82, 2.24) is 10.3 Å². The van der Waals surface area contributed by atoms with Crippen LogP contribution in [0.4, 0.5) is 5.69 Å². The van der Waals surface area contributed by atoms with Crippen LogP contribution in [0, 0.1) is 0 Å². The van der Waals surface area contributed by atoms with Crippen LogP contribution in [-0.4, -0.2) is 16.8 Å². The molecule has 2 heterocycles. The van der Waals surface area contributed by atoms with Gasteiger partial charge in [0.2, 0.25) is 5.91 Å². The molecular formula is C18H19N3O2. The highest BCUT2D eigenvalue weighted by molar-refractivity contribution is 6.05. The standard InChI is InChI=1S/C18H19N3O2/c1-2-12-11-19-9-8-15(12)18(23)20-14-5-3-4-13(10-14)16-6-7-17(22)21-16/h3-5,8-11,16H,2,6-7H2,1H3,(H,20,23)(H,21,22).